The summed E-state index contributed by atoms with van der Waals surface area (Å²) in [5.41, 5.74) is 0.935. The van der Waals surface area contributed by atoms with Crippen molar-refractivity contribution in [2.24, 2.45) is 0 Å². The molecule has 0 bridgehead atoms. The molecule has 1 aromatic carbocycles. The fourth-order valence-electron chi connectivity index (χ4n) is 3.60. The SMILES string of the molecule is CC(=O)Oc1ccc(C[C@@H]2NC3(CCCC3)N(C)C2=O)cc1. The molecule has 1 aromatic rings. The van der Waals surface area contributed by atoms with Crippen LogP contribution in [0, 0.1) is 0 Å². The Bertz CT molecular complexity index is 576. The lowest BCUT2D eigenvalue weighted by molar-refractivity contribution is -0.132. The molecule has 1 heterocycles. The summed E-state index contributed by atoms with van der Waals surface area (Å²) in [6.45, 7) is 1.38. The number of nitrogens with zero attached hydrogens (tertiary/aromatic N) is 1. The van der Waals surface area contributed by atoms with Gasteiger partial charge in [0.05, 0.1) is 11.7 Å². The van der Waals surface area contributed by atoms with Crippen molar-refractivity contribution in [1.29, 1.82) is 0 Å². The second kappa shape index (κ2) is 5.72. The molecule has 1 spiro atoms. The van der Waals surface area contributed by atoms with Gasteiger partial charge in [-0.05, 0) is 49.8 Å². The zero-order valence-electron chi connectivity index (χ0n) is 13.1. The Labute approximate surface area is 130 Å². The molecule has 3 rings (SSSR count). The largest absolute Gasteiger partial charge is 0.427 e. The van der Waals surface area contributed by atoms with Gasteiger partial charge < -0.3 is 9.64 Å². The van der Waals surface area contributed by atoms with Gasteiger partial charge in [0.1, 0.15) is 5.75 Å². The van der Waals surface area contributed by atoms with Gasteiger partial charge in [-0.15, -0.1) is 0 Å². The van der Waals surface area contributed by atoms with Gasteiger partial charge in [0, 0.05) is 14.0 Å². The van der Waals surface area contributed by atoms with Crippen molar-refractivity contribution >= 4 is 11.9 Å². The van der Waals surface area contributed by atoms with Gasteiger partial charge in [-0.2, -0.15) is 0 Å². The van der Waals surface area contributed by atoms with Gasteiger partial charge in [-0.25, -0.2) is 0 Å². The maximum atomic E-state index is 12.5. The topological polar surface area (TPSA) is 58.6 Å². The highest BCUT2D eigenvalue weighted by Crippen LogP contribution is 2.37. The molecular formula is C17H22N2O3. The van der Waals surface area contributed by atoms with Gasteiger partial charge in [0.15, 0.2) is 0 Å². The summed E-state index contributed by atoms with van der Waals surface area (Å²) in [6.07, 6.45) is 5.09. The lowest BCUT2D eigenvalue weighted by Gasteiger charge is -2.31. The van der Waals surface area contributed by atoms with E-state index in [0.717, 1.165) is 18.4 Å². The van der Waals surface area contributed by atoms with Gasteiger partial charge in [-0.3, -0.25) is 14.9 Å². The molecule has 22 heavy (non-hydrogen) atoms. The lowest BCUT2D eigenvalue weighted by Crippen LogP contribution is -2.48. The minimum absolute atomic E-state index is 0.126. The maximum Gasteiger partial charge on any atom is 0.308 e. The summed E-state index contributed by atoms with van der Waals surface area (Å²) < 4.78 is 5.02. The Balaban J connectivity index is 1.68. The van der Waals surface area contributed by atoms with Gasteiger partial charge in [0.2, 0.25) is 5.91 Å². The Kier molecular flexibility index (Phi) is 3.91. The number of amides is 1. The van der Waals surface area contributed by atoms with Crippen LogP contribution in [-0.2, 0) is 16.0 Å². The van der Waals surface area contributed by atoms with Gasteiger partial charge >= 0.3 is 5.97 Å². The van der Waals surface area contributed by atoms with Crippen LogP contribution < -0.4 is 10.1 Å². The number of benzene rings is 1. The number of ether oxygens (including phenoxy) is 1. The monoisotopic (exact) mass is 302 g/mol. The van der Waals surface area contributed by atoms with E-state index in [4.69, 9.17) is 4.74 Å². The highest BCUT2D eigenvalue weighted by atomic mass is 16.5. The number of nitrogens with one attached hydrogen (secondary N) is 1. The first kappa shape index (κ1) is 15.0. The summed E-state index contributed by atoms with van der Waals surface area (Å²) >= 11 is 0. The van der Waals surface area contributed by atoms with E-state index >= 15 is 0 Å². The quantitative estimate of drug-likeness (QED) is 0.684. The van der Waals surface area contributed by atoms with Gasteiger partial charge in [0.25, 0.3) is 0 Å². The highest BCUT2D eigenvalue weighted by molar-refractivity contribution is 5.85. The Morgan fingerprint density at radius 1 is 1.32 bits per heavy atom. The van der Waals surface area contributed by atoms with Crippen molar-refractivity contribution in [2.45, 2.75) is 50.7 Å². The van der Waals surface area contributed by atoms with Crippen LogP contribution in [0.4, 0.5) is 0 Å². The summed E-state index contributed by atoms with van der Waals surface area (Å²) in [4.78, 5) is 25.3. The van der Waals surface area contributed by atoms with E-state index in [9.17, 15) is 9.59 Å². The van der Waals surface area contributed by atoms with Crippen molar-refractivity contribution in [2.75, 3.05) is 7.05 Å². The lowest BCUT2D eigenvalue weighted by atomic mass is 10.1. The third-order valence-corrected chi connectivity index (χ3v) is 4.77. The van der Waals surface area contributed by atoms with Crippen molar-refractivity contribution < 1.29 is 14.3 Å². The smallest absolute Gasteiger partial charge is 0.308 e. The average molecular weight is 302 g/mol. The zero-order chi connectivity index (χ0) is 15.7. The molecule has 1 atom stereocenters. The second-order valence-electron chi connectivity index (χ2n) is 6.27. The molecule has 1 N–H and O–H groups in total. The van der Waals surface area contributed by atoms with Crippen molar-refractivity contribution in [1.82, 2.24) is 10.2 Å². The van der Waals surface area contributed by atoms with E-state index in [0.29, 0.717) is 12.2 Å². The van der Waals surface area contributed by atoms with E-state index in [1.165, 1.54) is 19.8 Å². The second-order valence-corrected chi connectivity index (χ2v) is 6.27. The zero-order valence-corrected chi connectivity index (χ0v) is 13.1. The van der Waals surface area contributed by atoms with Crippen LogP contribution in [-0.4, -0.2) is 35.5 Å². The van der Waals surface area contributed by atoms with E-state index in [1.807, 2.05) is 24.1 Å². The molecule has 1 aliphatic heterocycles. The van der Waals surface area contributed by atoms with Crippen LogP contribution >= 0.6 is 0 Å². The van der Waals surface area contributed by atoms with E-state index in [-0.39, 0.29) is 23.6 Å². The first-order valence-electron chi connectivity index (χ1n) is 7.83. The third-order valence-electron chi connectivity index (χ3n) is 4.77. The maximum absolute atomic E-state index is 12.5. The number of likely N-dealkylation sites (N-methyl/N-ethyl adjacent to an activating group) is 1. The predicted octanol–water partition coefficient (Wildman–Crippen LogP) is 1.85. The standard InChI is InChI=1S/C17H22N2O3/c1-12(20)22-14-7-5-13(6-8-14)11-15-16(21)19(2)17(18-15)9-3-4-10-17/h5-8,15,18H,3-4,9-11H2,1-2H3/t15-/m0/s1. The summed E-state index contributed by atoms with van der Waals surface area (Å²) in [5.74, 6) is 0.377. The molecule has 5 heteroatoms. The minimum atomic E-state index is -0.329. The van der Waals surface area contributed by atoms with Crippen molar-refractivity contribution in [3.63, 3.8) is 0 Å². The predicted molar refractivity (Wildman–Crippen MR) is 82.3 cm³/mol. The first-order valence-corrected chi connectivity index (χ1v) is 7.83. The molecule has 0 unspecified atom stereocenters. The first-order chi connectivity index (χ1) is 10.5. The van der Waals surface area contributed by atoms with Crippen LogP contribution in [0.2, 0.25) is 0 Å². The van der Waals surface area contributed by atoms with Crippen LogP contribution in [0.15, 0.2) is 24.3 Å². The summed E-state index contributed by atoms with van der Waals surface area (Å²) in [7, 11) is 1.91. The van der Waals surface area contributed by atoms with Crippen LogP contribution in [0.5, 0.6) is 5.75 Å². The number of esters is 1. The molecular weight excluding hydrogens is 280 g/mol. The summed E-state index contributed by atoms with van der Waals surface area (Å²) in [6, 6.07) is 7.19. The van der Waals surface area contributed by atoms with E-state index < -0.39 is 0 Å². The molecule has 1 saturated heterocycles. The molecule has 0 aromatic heterocycles. The van der Waals surface area contributed by atoms with Gasteiger partial charge in [-0.1, -0.05) is 12.1 Å². The summed E-state index contributed by atoms with van der Waals surface area (Å²) in [5, 5.41) is 3.55. The third kappa shape index (κ3) is 2.73. The van der Waals surface area contributed by atoms with Crippen molar-refractivity contribution in [3.8, 4) is 5.75 Å². The van der Waals surface area contributed by atoms with Crippen LogP contribution in [0.1, 0.15) is 38.2 Å². The molecule has 2 fully saturated rings. The fraction of sp³-hybridized carbons (Fsp3) is 0.529. The molecule has 1 amide bonds. The van der Waals surface area contributed by atoms with E-state index in [1.54, 1.807) is 12.1 Å². The normalized spacial score (nSPS) is 23.3. The molecule has 5 nitrogen and oxygen atoms in total. The molecule has 118 valence electrons. The highest BCUT2D eigenvalue weighted by Gasteiger charge is 2.49. The van der Waals surface area contributed by atoms with E-state index in [2.05, 4.69) is 5.32 Å². The fourth-order valence-corrected chi connectivity index (χ4v) is 3.60. The number of carbonyl (C=O) groups is 2. The molecule has 1 aliphatic carbocycles. The number of carbonyl (C=O) groups excluding carboxylic acids is 2. The van der Waals surface area contributed by atoms with Crippen molar-refractivity contribution in [3.05, 3.63) is 29.8 Å². The number of rotatable bonds is 3. The Morgan fingerprint density at radius 2 is 1.95 bits per heavy atom. The average Bonchev–Trinajstić information content (AvgIpc) is 3.03. The van der Waals surface area contributed by atoms with Crippen LogP contribution in [0.3, 0.4) is 0 Å². The Morgan fingerprint density at radius 3 is 2.55 bits per heavy atom. The molecule has 2 aliphatic rings. The number of hydrogen-bond acceptors (Lipinski definition) is 4. The molecule has 0 radical (unpaired) electrons. The van der Waals surface area contributed by atoms with Crippen LogP contribution in [0.25, 0.3) is 0 Å². The minimum Gasteiger partial charge on any atom is -0.427 e. The Hall–Kier alpha value is -1.88. The number of hydrogen-bond donors (Lipinski definition) is 1. The molecule has 1 saturated carbocycles.